The van der Waals surface area contributed by atoms with E-state index < -0.39 is 0 Å². The third-order valence-electron chi connectivity index (χ3n) is 8.21. The molecule has 0 unspecified atom stereocenters. The number of aromatic nitrogens is 1. The third-order valence-corrected chi connectivity index (χ3v) is 8.21. The molecule has 2 saturated heterocycles. The summed E-state index contributed by atoms with van der Waals surface area (Å²) in [6.07, 6.45) is 5.73. The van der Waals surface area contributed by atoms with Crippen LogP contribution in [0, 0.1) is 5.92 Å². The summed E-state index contributed by atoms with van der Waals surface area (Å²) in [4.78, 5) is 14.8. The second-order valence-electron chi connectivity index (χ2n) is 11.2. The normalized spacial score (nSPS) is 20.0. The van der Waals surface area contributed by atoms with E-state index in [-0.39, 0.29) is 24.2 Å². The maximum atomic E-state index is 12.7. The molecule has 5 rings (SSSR count). The predicted octanol–water partition coefficient (Wildman–Crippen LogP) is 4.81. The molecule has 3 aromatic rings. The van der Waals surface area contributed by atoms with Crippen LogP contribution >= 0.6 is 0 Å². The zero-order chi connectivity index (χ0) is 24.6. The second kappa shape index (κ2) is 9.48. The van der Waals surface area contributed by atoms with Crippen LogP contribution in [0.1, 0.15) is 52.5 Å². The zero-order valence-corrected chi connectivity index (χ0v) is 21.5. The molecule has 2 aliphatic heterocycles. The van der Waals surface area contributed by atoms with E-state index in [4.69, 9.17) is 9.31 Å². The molecule has 184 valence electrons. The molecule has 0 spiro atoms. The Balaban J connectivity index is 1.16. The third kappa shape index (κ3) is 5.05. The minimum absolute atomic E-state index is 0.286. The number of carbonyl (C=O) groups excluding carboxylic acids is 1. The number of carbonyl (C=O) groups is 1. The van der Waals surface area contributed by atoms with E-state index in [1.165, 1.54) is 16.5 Å². The molecule has 5 nitrogen and oxygen atoms in total. The SMILES string of the molecule is CC1(C)OB(c2ccc3c(ccn3CC3CCN(C(=O)CCc4ccccc4)CC3)c2)OC1(C)C. The predicted molar refractivity (Wildman–Crippen MR) is 142 cm³/mol. The largest absolute Gasteiger partial charge is 0.494 e. The van der Waals surface area contributed by atoms with E-state index in [0.717, 1.165) is 44.4 Å². The summed E-state index contributed by atoms with van der Waals surface area (Å²) in [5, 5.41) is 1.21. The van der Waals surface area contributed by atoms with Crippen molar-refractivity contribution in [1.29, 1.82) is 0 Å². The number of rotatable bonds is 6. The van der Waals surface area contributed by atoms with E-state index in [1.54, 1.807) is 0 Å². The van der Waals surface area contributed by atoms with Crippen LogP contribution in [-0.2, 0) is 27.1 Å². The van der Waals surface area contributed by atoms with Gasteiger partial charge in [0.1, 0.15) is 0 Å². The van der Waals surface area contributed by atoms with Crippen molar-refractivity contribution in [2.75, 3.05) is 13.1 Å². The topological polar surface area (TPSA) is 43.7 Å². The lowest BCUT2D eigenvalue weighted by Crippen LogP contribution is -2.41. The molecule has 1 aromatic heterocycles. The van der Waals surface area contributed by atoms with E-state index in [9.17, 15) is 4.79 Å². The van der Waals surface area contributed by atoms with Gasteiger partial charge in [0.05, 0.1) is 11.2 Å². The molecule has 0 bridgehead atoms. The molecule has 2 aliphatic rings. The summed E-state index contributed by atoms with van der Waals surface area (Å²) in [5.41, 5.74) is 2.87. The van der Waals surface area contributed by atoms with Gasteiger partial charge in [0.2, 0.25) is 5.91 Å². The van der Waals surface area contributed by atoms with Crippen molar-refractivity contribution in [3.05, 3.63) is 66.4 Å². The van der Waals surface area contributed by atoms with Gasteiger partial charge in [-0.1, -0.05) is 42.5 Å². The van der Waals surface area contributed by atoms with Gasteiger partial charge in [0.25, 0.3) is 0 Å². The fourth-order valence-electron chi connectivity index (χ4n) is 5.20. The van der Waals surface area contributed by atoms with Crippen LogP contribution in [0.3, 0.4) is 0 Å². The number of hydrogen-bond donors (Lipinski definition) is 0. The summed E-state index contributed by atoms with van der Waals surface area (Å²) in [5.74, 6) is 0.875. The lowest BCUT2D eigenvalue weighted by molar-refractivity contribution is -0.132. The smallest absolute Gasteiger partial charge is 0.399 e. The van der Waals surface area contributed by atoms with Crippen molar-refractivity contribution in [2.45, 2.75) is 71.1 Å². The highest BCUT2D eigenvalue weighted by molar-refractivity contribution is 6.62. The molecular weight excluding hydrogens is 435 g/mol. The Bertz CT molecular complexity index is 1160. The first kappa shape index (κ1) is 24.1. The maximum Gasteiger partial charge on any atom is 0.494 e. The quantitative estimate of drug-likeness (QED) is 0.484. The van der Waals surface area contributed by atoms with Crippen LogP contribution in [0.2, 0.25) is 0 Å². The Morgan fingerprint density at radius 1 is 0.971 bits per heavy atom. The van der Waals surface area contributed by atoms with Crippen LogP contribution in [-0.4, -0.2) is 46.8 Å². The van der Waals surface area contributed by atoms with Crippen LogP contribution in [0.5, 0.6) is 0 Å². The van der Waals surface area contributed by atoms with E-state index >= 15 is 0 Å². The van der Waals surface area contributed by atoms with Crippen molar-refractivity contribution in [3.63, 3.8) is 0 Å². The lowest BCUT2D eigenvalue weighted by atomic mass is 9.78. The average Bonchev–Trinajstić information content (AvgIpc) is 3.34. The number of benzene rings is 2. The van der Waals surface area contributed by atoms with Crippen molar-refractivity contribution >= 4 is 29.4 Å². The lowest BCUT2D eigenvalue weighted by Gasteiger charge is -2.32. The van der Waals surface area contributed by atoms with Gasteiger partial charge in [0.15, 0.2) is 0 Å². The standard InChI is InChI=1S/C29H37BN2O3/c1-28(2)29(3,4)35-30(34-28)25-11-12-26-24(20-25)16-19-32(26)21-23-14-17-31(18-15-23)27(33)13-10-22-8-6-5-7-9-22/h5-9,11-12,16,19-20,23H,10,13-15,17-18,21H2,1-4H3. The Hall–Kier alpha value is -2.57. The van der Waals surface area contributed by atoms with Gasteiger partial charge < -0.3 is 18.8 Å². The molecule has 6 heteroatoms. The second-order valence-corrected chi connectivity index (χ2v) is 11.2. The summed E-state index contributed by atoms with van der Waals surface area (Å²) in [6, 6.07) is 19.0. The Morgan fingerprint density at radius 3 is 2.34 bits per heavy atom. The molecule has 1 amide bonds. The first-order valence-electron chi connectivity index (χ1n) is 13.0. The van der Waals surface area contributed by atoms with Crippen molar-refractivity contribution in [3.8, 4) is 0 Å². The summed E-state index contributed by atoms with van der Waals surface area (Å²) >= 11 is 0. The molecule has 2 aromatic carbocycles. The maximum absolute atomic E-state index is 12.7. The monoisotopic (exact) mass is 472 g/mol. The van der Waals surface area contributed by atoms with Crippen LogP contribution in [0.15, 0.2) is 60.8 Å². The zero-order valence-electron chi connectivity index (χ0n) is 21.5. The van der Waals surface area contributed by atoms with Gasteiger partial charge in [0, 0.05) is 37.8 Å². The molecule has 0 aliphatic carbocycles. The molecular formula is C29H37BN2O3. The van der Waals surface area contributed by atoms with Crippen LogP contribution in [0.25, 0.3) is 10.9 Å². The van der Waals surface area contributed by atoms with E-state index in [0.29, 0.717) is 12.3 Å². The van der Waals surface area contributed by atoms with Gasteiger partial charge in [-0.2, -0.15) is 0 Å². The minimum atomic E-state index is -0.337. The molecule has 2 fully saturated rings. The molecule has 3 heterocycles. The van der Waals surface area contributed by atoms with Crippen LogP contribution in [0.4, 0.5) is 0 Å². The van der Waals surface area contributed by atoms with Crippen molar-refractivity contribution in [2.24, 2.45) is 5.92 Å². The highest BCUT2D eigenvalue weighted by Crippen LogP contribution is 2.36. The van der Waals surface area contributed by atoms with Crippen molar-refractivity contribution in [1.82, 2.24) is 9.47 Å². The van der Waals surface area contributed by atoms with Crippen molar-refractivity contribution < 1.29 is 14.1 Å². The van der Waals surface area contributed by atoms with Gasteiger partial charge in [-0.15, -0.1) is 0 Å². The molecule has 0 atom stereocenters. The highest BCUT2D eigenvalue weighted by atomic mass is 16.7. The summed E-state index contributed by atoms with van der Waals surface area (Å²) in [6.45, 7) is 11.1. The number of nitrogens with zero attached hydrogens (tertiary/aromatic N) is 2. The Labute approximate surface area is 209 Å². The van der Waals surface area contributed by atoms with Gasteiger partial charge in [-0.25, -0.2) is 0 Å². The number of likely N-dealkylation sites (tertiary alicyclic amines) is 1. The number of aryl methyl sites for hydroxylation is 1. The molecule has 0 radical (unpaired) electrons. The number of amides is 1. The van der Waals surface area contributed by atoms with Crippen LogP contribution < -0.4 is 5.46 Å². The van der Waals surface area contributed by atoms with Gasteiger partial charge in [-0.05, 0) is 81.4 Å². The average molecular weight is 472 g/mol. The molecule has 35 heavy (non-hydrogen) atoms. The Kier molecular flexibility index (Phi) is 6.54. The fourth-order valence-corrected chi connectivity index (χ4v) is 5.20. The summed E-state index contributed by atoms with van der Waals surface area (Å²) < 4.78 is 14.8. The van der Waals surface area contributed by atoms with Gasteiger partial charge >= 0.3 is 7.12 Å². The number of fused-ring (bicyclic) bond motifs is 1. The number of hydrogen-bond acceptors (Lipinski definition) is 3. The summed E-state index contributed by atoms with van der Waals surface area (Å²) in [7, 11) is -0.337. The first-order chi connectivity index (χ1) is 16.7. The molecule has 0 saturated carbocycles. The first-order valence-corrected chi connectivity index (χ1v) is 13.0. The van der Waals surface area contributed by atoms with E-state index in [2.05, 4.69) is 79.8 Å². The molecule has 0 N–H and O–H groups in total. The minimum Gasteiger partial charge on any atom is -0.399 e. The highest BCUT2D eigenvalue weighted by Gasteiger charge is 2.51. The number of piperidine rings is 1. The fraction of sp³-hybridized carbons (Fsp3) is 0.483. The van der Waals surface area contributed by atoms with E-state index in [1.807, 2.05) is 18.2 Å². The van der Waals surface area contributed by atoms with Gasteiger partial charge in [-0.3, -0.25) is 4.79 Å². The Morgan fingerprint density at radius 2 is 1.66 bits per heavy atom.